The second kappa shape index (κ2) is 7.15. The maximum atomic E-state index is 12.7. The maximum absolute atomic E-state index is 12.7. The summed E-state index contributed by atoms with van der Waals surface area (Å²) >= 11 is 1.86. The Morgan fingerprint density at radius 3 is 3.04 bits per heavy atom. The molecule has 0 spiro atoms. The first-order valence-electron chi connectivity index (χ1n) is 8.37. The summed E-state index contributed by atoms with van der Waals surface area (Å²) in [5, 5.41) is 3.21. The second-order valence-corrected chi connectivity index (χ2v) is 7.27. The molecule has 1 aliphatic rings. The number of benzene rings is 2. The monoisotopic (exact) mass is 349 g/mol. The topological polar surface area (TPSA) is 46.9 Å². The number of thioether (sulfide) groups is 1. The minimum atomic E-state index is -0.0146. The molecule has 4 nitrogen and oxygen atoms in total. The van der Waals surface area contributed by atoms with Crippen molar-refractivity contribution in [1.82, 2.24) is 14.9 Å². The molecule has 0 bridgehead atoms. The molecule has 4 rings (SSSR count). The number of amides is 1. The fourth-order valence-electron chi connectivity index (χ4n) is 3.14. The first kappa shape index (κ1) is 16.0. The summed E-state index contributed by atoms with van der Waals surface area (Å²) in [5.41, 5.74) is 3.01. The fourth-order valence-corrected chi connectivity index (χ4v) is 4.26. The molecule has 126 valence electrons. The van der Waals surface area contributed by atoms with Crippen LogP contribution in [0, 0.1) is 0 Å². The molecule has 0 radical (unpaired) electrons. The number of carbonyl (C=O) groups excluding carboxylic acids is 1. The van der Waals surface area contributed by atoms with Gasteiger partial charge in [0.15, 0.2) is 0 Å². The molecule has 1 unspecified atom stereocenters. The molecule has 0 aliphatic carbocycles. The standard InChI is InChI=1S/C20H19N3OS/c24-20(22-18-8-11-25-19-7-2-1-6-17(18)19)16-5-3-4-15(12-16)13-23-10-9-21-14-23/h1-7,9-10,12,14,18H,8,11,13H2,(H,22,24). The van der Waals surface area contributed by atoms with Crippen molar-refractivity contribution in [2.75, 3.05) is 5.75 Å². The highest BCUT2D eigenvalue weighted by Crippen LogP contribution is 2.35. The Kier molecular flexibility index (Phi) is 4.57. The number of hydrogen-bond donors (Lipinski definition) is 1. The zero-order valence-electron chi connectivity index (χ0n) is 13.8. The lowest BCUT2D eigenvalue weighted by molar-refractivity contribution is 0.0935. The zero-order valence-corrected chi connectivity index (χ0v) is 14.6. The lowest BCUT2D eigenvalue weighted by atomic mass is 10.0. The van der Waals surface area contributed by atoms with Crippen LogP contribution < -0.4 is 5.32 Å². The minimum absolute atomic E-state index is 0.0146. The normalized spacial score (nSPS) is 16.2. The van der Waals surface area contributed by atoms with E-state index in [-0.39, 0.29) is 11.9 Å². The third-order valence-corrected chi connectivity index (χ3v) is 5.50. The van der Waals surface area contributed by atoms with Crippen molar-refractivity contribution in [2.45, 2.75) is 23.9 Å². The third-order valence-electron chi connectivity index (χ3n) is 4.38. The van der Waals surface area contributed by atoms with E-state index < -0.39 is 0 Å². The molecular weight excluding hydrogens is 330 g/mol. The number of aromatic nitrogens is 2. The number of rotatable bonds is 4. The van der Waals surface area contributed by atoms with Gasteiger partial charge in [0.2, 0.25) is 0 Å². The minimum Gasteiger partial charge on any atom is -0.345 e. The quantitative estimate of drug-likeness (QED) is 0.777. The molecule has 25 heavy (non-hydrogen) atoms. The predicted octanol–water partition coefficient (Wildman–Crippen LogP) is 3.90. The molecular formula is C20H19N3OS. The van der Waals surface area contributed by atoms with Crippen LogP contribution >= 0.6 is 11.8 Å². The van der Waals surface area contributed by atoms with Crippen molar-refractivity contribution in [3.05, 3.63) is 83.9 Å². The van der Waals surface area contributed by atoms with Gasteiger partial charge >= 0.3 is 0 Å². The Morgan fingerprint density at radius 1 is 1.24 bits per heavy atom. The van der Waals surface area contributed by atoms with Crippen LogP contribution in [0.25, 0.3) is 0 Å². The van der Waals surface area contributed by atoms with Gasteiger partial charge in [-0.05, 0) is 35.7 Å². The largest absolute Gasteiger partial charge is 0.345 e. The summed E-state index contributed by atoms with van der Waals surface area (Å²) in [5.74, 6) is 1.02. The van der Waals surface area contributed by atoms with E-state index in [2.05, 4.69) is 28.5 Å². The van der Waals surface area contributed by atoms with Gasteiger partial charge in [-0.2, -0.15) is 0 Å². The highest BCUT2D eigenvalue weighted by atomic mass is 32.2. The van der Waals surface area contributed by atoms with Crippen molar-refractivity contribution in [1.29, 1.82) is 0 Å². The van der Waals surface area contributed by atoms with Crippen LogP contribution in [-0.2, 0) is 6.54 Å². The Hall–Kier alpha value is -2.53. The molecule has 1 atom stereocenters. The Bertz CT molecular complexity index is 876. The molecule has 1 aliphatic heterocycles. The molecule has 2 aromatic carbocycles. The molecule has 0 fully saturated rings. The number of imidazole rings is 1. The van der Waals surface area contributed by atoms with E-state index >= 15 is 0 Å². The van der Waals surface area contributed by atoms with Crippen molar-refractivity contribution in [2.24, 2.45) is 0 Å². The lowest BCUT2D eigenvalue weighted by Gasteiger charge is -2.26. The van der Waals surface area contributed by atoms with E-state index in [0.717, 1.165) is 17.7 Å². The van der Waals surface area contributed by atoms with E-state index in [0.29, 0.717) is 12.1 Å². The summed E-state index contributed by atoms with van der Waals surface area (Å²) < 4.78 is 1.99. The van der Waals surface area contributed by atoms with Crippen LogP contribution in [0.4, 0.5) is 0 Å². The van der Waals surface area contributed by atoms with Crippen LogP contribution in [0.5, 0.6) is 0 Å². The molecule has 2 heterocycles. The molecule has 3 aromatic rings. The van der Waals surface area contributed by atoms with Gasteiger partial charge in [0.05, 0.1) is 12.4 Å². The fraction of sp³-hybridized carbons (Fsp3) is 0.200. The molecule has 1 amide bonds. The molecule has 0 saturated carbocycles. The number of carbonyl (C=O) groups is 1. The summed E-state index contributed by atoms with van der Waals surface area (Å²) in [7, 11) is 0. The van der Waals surface area contributed by atoms with Crippen LogP contribution in [0.2, 0.25) is 0 Å². The van der Waals surface area contributed by atoms with Crippen molar-refractivity contribution >= 4 is 17.7 Å². The highest BCUT2D eigenvalue weighted by Gasteiger charge is 2.22. The van der Waals surface area contributed by atoms with E-state index in [4.69, 9.17) is 0 Å². The predicted molar refractivity (Wildman–Crippen MR) is 99.8 cm³/mol. The van der Waals surface area contributed by atoms with Gasteiger partial charge in [-0.15, -0.1) is 11.8 Å². The van der Waals surface area contributed by atoms with Crippen LogP contribution in [-0.4, -0.2) is 21.2 Å². The Labute approximate surface area is 151 Å². The molecule has 1 aromatic heterocycles. The van der Waals surface area contributed by atoms with E-state index in [9.17, 15) is 4.79 Å². The lowest BCUT2D eigenvalue weighted by Crippen LogP contribution is -2.30. The summed E-state index contributed by atoms with van der Waals surface area (Å²) in [4.78, 5) is 18.1. The van der Waals surface area contributed by atoms with Gasteiger partial charge in [-0.1, -0.05) is 30.3 Å². The zero-order chi connectivity index (χ0) is 17.1. The summed E-state index contributed by atoms with van der Waals surface area (Å²) in [6, 6.07) is 16.2. The first-order chi connectivity index (χ1) is 12.3. The SMILES string of the molecule is O=C(NC1CCSc2ccccc21)c1cccc(Cn2ccnc2)c1. The van der Waals surface area contributed by atoms with Gasteiger partial charge in [0, 0.05) is 35.2 Å². The van der Waals surface area contributed by atoms with Crippen molar-refractivity contribution < 1.29 is 4.79 Å². The number of nitrogens with one attached hydrogen (secondary N) is 1. The van der Waals surface area contributed by atoms with Gasteiger partial charge in [0.1, 0.15) is 0 Å². The third kappa shape index (κ3) is 3.61. The van der Waals surface area contributed by atoms with Gasteiger partial charge in [-0.3, -0.25) is 4.79 Å². The molecule has 1 N–H and O–H groups in total. The van der Waals surface area contributed by atoms with Gasteiger partial charge in [-0.25, -0.2) is 4.98 Å². The van der Waals surface area contributed by atoms with Gasteiger partial charge in [0.25, 0.3) is 5.91 Å². The van der Waals surface area contributed by atoms with Crippen molar-refractivity contribution in [3.8, 4) is 0 Å². The smallest absolute Gasteiger partial charge is 0.251 e. The van der Waals surface area contributed by atoms with E-state index in [1.807, 2.05) is 52.9 Å². The molecule has 5 heteroatoms. The van der Waals surface area contributed by atoms with Gasteiger partial charge < -0.3 is 9.88 Å². The van der Waals surface area contributed by atoms with Crippen LogP contribution in [0.15, 0.2) is 72.1 Å². The number of nitrogens with zero attached hydrogens (tertiary/aromatic N) is 2. The van der Waals surface area contributed by atoms with E-state index in [1.165, 1.54) is 10.5 Å². The summed E-state index contributed by atoms with van der Waals surface area (Å²) in [6.07, 6.45) is 6.42. The summed E-state index contributed by atoms with van der Waals surface area (Å²) in [6.45, 7) is 0.712. The first-order valence-corrected chi connectivity index (χ1v) is 9.35. The second-order valence-electron chi connectivity index (χ2n) is 6.14. The number of hydrogen-bond acceptors (Lipinski definition) is 3. The van der Waals surface area contributed by atoms with E-state index in [1.54, 1.807) is 12.5 Å². The van der Waals surface area contributed by atoms with Crippen molar-refractivity contribution in [3.63, 3.8) is 0 Å². The Balaban J connectivity index is 1.50. The average molecular weight is 349 g/mol. The van der Waals surface area contributed by atoms with Crippen LogP contribution in [0.3, 0.4) is 0 Å². The highest BCUT2D eigenvalue weighted by molar-refractivity contribution is 7.99. The van der Waals surface area contributed by atoms with Crippen LogP contribution in [0.1, 0.15) is 33.9 Å². The number of fused-ring (bicyclic) bond motifs is 1. The maximum Gasteiger partial charge on any atom is 0.251 e. The average Bonchev–Trinajstić information content (AvgIpc) is 3.15. The molecule has 0 saturated heterocycles. The Morgan fingerprint density at radius 2 is 2.16 bits per heavy atom.